The first-order valence-electron chi connectivity index (χ1n) is 6.19. The molecular formula is C16H15FO. The zero-order valence-corrected chi connectivity index (χ0v) is 10.2. The monoisotopic (exact) mass is 242 g/mol. The van der Waals surface area contributed by atoms with Crippen LogP contribution in [0.25, 0.3) is 0 Å². The van der Waals surface area contributed by atoms with E-state index in [0.29, 0.717) is 5.56 Å². The van der Waals surface area contributed by atoms with Crippen molar-refractivity contribution in [1.29, 1.82) is 0 Å². The van der Waals surface area contributed by atoms with Gasteiger partial charge in [-0.1, -0.05) is 42.0 Å². The molecule has 0 saturated heterocycles. The summed E-state index contributed by atoms with van der Waals surface area (Å²) >= 11 is 0. The van der Waals surface area contributed by atoms with E-state index in [-0.39, 0.29) is 11.7 Å². The van der Waals surface area contributed by atoms with Gasteiger partial charge in [-0.2, -0.15) is 0 Å². The lowest BCUT2D eigenvalue weighted by Crippen LogP contribution is -2.24. The fraction of sp³-hybridized carbons (Fsp3) is 0.250. The normalized spacial score (nSPS) is 18.9. The first-order chi connectivity index (χ1) is 8.66. The number of aryl methyl sites for hydroxylation is 1. The van der Waals surface area contributed by atoms with Crippen molar-refractivity contribution in [2.45, 2.75) is 25.4 Å². The second-order valence-electron chi connectivity index (χ2n) is 4.98. The van der Waals surface area contributed by atoms with Crippen LogP contribution in [-0.2, 0) is 6.42 Å². The quantitative estimate of drug-likeness (QED) is 0.854. The molecule has 0 saturated carbocycles. The molecule has 0 spiro atoms. The van der Waals surface area contributed by atoms with Gasteiger partial charge in [-0.3, -0.25) is 0 Å². The van der Waals surface area contributed by atoms with Gasteiger partial charge in [-0.25, -0.2) is 4.39 Å². The van der Waals surface area contributed by atoms with Crippen molar-refractivity contribution >= 4 is 0 Å². The SMILES string of the molecule is Cc1ccc(F)c(C(O)C2Cc3ccccc32)c1. The van der Waals surface area contributed by atoms with E-state index in [0.717, 1.165) is 17.5 Å². The molecule has 2 heteroatoms. The van der Waals surface area contributed by atoms with Crippen LogP contribution >= 0.6 is 0 Å². The van der Waals surface area contributed by atoms with Crippen molar-refractivity contribution in [3.8, 4) is 0 Å². The number of halogens is 1. The number of hydrogen-bond donors (Lipinski definition) is 1. The Morgan fingerprint density at radius 2 is 2.00 bits per heavy atom. The maximum atomic E-state index is 13.8. The number of fused-ring (bicyclic) bond motifs is 1. The summed E-state index contributed by atoms with van der Waals surface area (Å²) in [6, 6.07) is 12.9. The van der Waals surface area contributed by atoms with E-state index >= 15 is 0 Å². The van der Waals surface area contributed by atoms with Crippen LogP contribution in [-0.4, -0.2) is 5.11 Å². The lowest BCUT2D eigenvalue weighted by atomic mass is 9.73. The summed E-state index contributed by atoms with van der Waals surface area (Å²) in [6.45, 7) is 1.91. The van der Waals surface area contributed by atoms with Crippen molar-refractivity contribution < 1.29 is 9.50 Å². The van der Waals surface area contributed by atoms with Crippen molar-refractivity contribution in [3.05, 3.63) is 70.5 Å². The first kappa shape index (κ1) is 11.4. The van der Waals surface area contributed by atoms with Gasteiger partial charge in [0, 0.05) is 11.5 Å². The topological polar surface area (TPSA) is 20.2 Å². The van der Waals surface area contributed by atoms with Crippen molar-refractivity contribution in [1.82, 2.24) is 0 Å². The van der Waals surface area contributed by atoms with E-state index < -0.39 is 6.10 Å². The van der Waals surface area contributed by atoms with E-state index in [9.17, 15) is 9.50 Å². The van der Waals surface area contributed by atoms with Crippen LogP contribution in [0, 0.1) is 12.7 Å². The molecule has 1 aliphatic carbocycles. The Morgan fingerprint density at radius 1 is 1.22 bits per heavy atom. The number of rotatable bonds is 2. The molecule has 18 heavy (non-hydrogen) atoms. The van der Waals surface area contributed by atoms with E-state index in [1.165, 1.54) is 11.6 Å². The number of hydrogen-bond acceptors (Lipinski definition) is 1. The molecule has 0 bridgehead atoms. The van der Waals surface area contributed by atoms with Gasteiger partial charge in [0.05, 0.1) is 6.10 Å². The van der Waals surface area contributed by atoms with Crippen LogP contribution in [0.5, 0.6) is 0 Å². The van der Waals surface area contributed by atoms with Gasteiger partial charge in [0.2, 0.25) is 0 Å². The summed E-state index contributed by atoms with van der Waals surface area (Å²) in [5.41, 5.74) is 3.79. The standard InChI is InChI=1S/C16H15FO/c1-10-6-7-15(17)14(8-10)16(18)13-9-11-4-2-3-5-12(11)13/h2-8,13,16,18H,9H2,1H3. The molecule has 0 amide bonds. The third-order valence-electron chi connectivity index (χ3n) is 3.75. The second-order valence-corrected chi connectivity index (χ2v) is 4.98. The molecular weight excluding hydrogens is 227 g/mol. The zero-order valence-electron chi connectivity index (χ0n) is 10.2. The molecule has 1 nitrogen and oxygen atoms in total. The maximum absolute atomic E-state index is 13.8. The maximum Gasteiger partial charge on any atom is 0.129 e. The Labute approximate surface area is 106 Å². The van der Waals surface area contributed by atoms with E-state index in [1.54, 1.807) is 12.1 Å². The number of aliphatic hydroxyl groups is 1. The Kier molecular flexibility index (Phi) is 2.67. The average molecular weight is 242 g/mol. The molecule has 2 unspecified atom stereocenters. The van der Waals surface area contributed by atoms with Crippen LogP contribution in [0.2, 0.25) is 0 Å². The largest absolute Gasteiger partial charge is 0.388 e. The number of aliphatic hydroxyl groups excluding tert-OH is 1. The molecule has 3 rings (SSSR count). The van der Waals surface area contributed by atoms with Crippen LogP contribution in [0.3, 0.4) is 0 Å². The smallest absolute Gasteiger partial charge is 0.129 e. The highest BCUT2D eigenvalue weighted by Crippen LogP contribution is 2.43. The third kappa shape index (κ3) is 1.73. The lowest BCUT2D eigenvalue weighted by molar-refractivity contribution is 0.130. The summed E-state index contributed by atoms with van der Waals surface area (Å²) in [4.78, 5) is 0. The fourth-order valence-electron chi connectivity index (χ4n) is 2.69. The van der Waals surface area contributed by atoms with Crippen molar-refractivity contribution in [3.63, 3.8) is 0 Å². The Morgan fingerprint density at radius 3 is 2.78 bits per heavy atom. The highest BCUT2D eigenvalue weighted by atomic mass is 19.1. The zero-order chi connectivity index (χ0) is 12.7. The summed E-state index contributed by atoms with van der Waals surface area (Å²) in [6.07, 6.45) is 0.0739. The summed E-state index contributed by atoms with van der Waals surface area (Å²) in [5, 5.41) is 10.4. The molecule has 0 aromatic heterocycles. The van der Waals surface area contributed by atoms with Gasteiger partial charge in [-0.15, -0.1) is 0 Å². The van der Waals surface area contributed by atoms with Gasteiger partial charge >= 0.3 is 0 Å². The molecule has 2 aromatic rings. The van der Waals surface area contributed by atoms with Crippen LogP contribution in [0.4, 0.5) is 4.39 Å². The Hall–Kier alpha value is -1.67. The Balaban J connectivity index is 1.93. The van der Waals surface area contributed by atoms with Gasteiger partial charge in [0.1, 0.15) is 5.82 Å². The van der Waals surface area contributed by atoms with Crippen LogP contribution in [0.15, 0.2) is 42.5 Å². The molecule has 2 aromatic carbocycles. The van der Waals surface area contributed by atoms with Crippen molar-refractivity contribution in [2.75, 3.05) is 0 Å². The van der Waals surface area contributed by atoms with Gasteiger partial charge < -0.3 is 5.11 Å². The van der Waals surface area contributed by atoms with E-state index in [1.807, 2.05) is 25.1 Å². The fourth-order valence-corrected chi connectivity index (χ4v) is 2.69. The van der Waals surface area contributed by atoms with Gasteiger partial charge in [0.25, 0.3) is 0 Å². The summed E-state index contributed by atoms with van der Waals surface area (Å²) in [5.74, 6) is -0.296. The minimum absolute atomic E-state index is 0.0255. The minimum atomic E-state index is -0.750. The first-order valence-corrected chi connectivity index (χ1v) is 6.19. The van der Waals surface area contributed by atoms with Crippen LogP contribution in [0.1, 0.15) is 34.3 Å². The molecule has 1 N–H and O–H groups in total. The minimum Gasteiger partial charge on any atom is -0.388 e. The van der Waals surface area contributed by atoms with E-state index in [2.05, 4.69) is 6.07 Å². The molecule has 0 aliphatic heterocycles. The lowest BCUT2D eigenvalue weighted by Gasteiger charge is -2.34. The van der Waals surface area contributed by atoms with Crippen LogP contribution < -0.4 is 0 Å². The molecule has 0 radical (unpaired) electrons. The predicted molar refractivity (Wildman–Crippen MR) is 69.0 cm³/mol. The van der Waals surface area contributed by atoms with Crippen molar-refractivity contribution in [2.24, 2.45) is 0 Å². The highest BCUT2D eigenvalue weighted by molar-refractivity contribution is 5.43. The average Bonchev–Trinajstić information content (AvgIpc) is 2.33. The number of benzene rings is 2. The highest BCUT2D eigenvalue weighted by Gasteiger charge is 2.33. The third-order valence-corrected chi connectivity index (χ3v) is 3.75. The predicted octanol–water partition coefficient (Wildman–Crippen LogP) is 3.51. The molecule has 92 valence electrons. The summed E-state index contributed by atoms with van der Waals surface area (Å²) in [7, 11) is 0. The molecule has 2 atom stereocenters. The molecule has 0 fully saturated rings. The van der Waals surface area contributed by atoms with Gasteiger partial charge in [-0.05, 0) is 30.5 Å². The van der Waals surface area contributed by atoms with E-state index in [4.69, 9.17) is 0 Å². The molecule has 1 aliphatic rings. The second kappa shape index (κ2) is 4.21. The van der Waals surface area contributed by atoms with Gasteiger partial charge in [0.15, 0.2) is 0 Å². The Bertz CT molecular complexity index is 591. The molecule has 0 heterocycles. The summed E-state index contributed by atoms with van der Waals surface area (Å²) < 4.78 is 13.8.